The molecule has 2 saturated heterocycles. The molecule has 1 aromatic heterocycles. The SMILES string of the molecule is Cc1cnc(C(O)C2CCOC3(CCOCC3)C2)nc1. The van der Waals surface area contributed by atoms with Crippen LogP contribution in [0.3, 0.4) is 0 Å². The molecule has 0 radical (unpaired) electrons. The molecule has 2 atom stereocenters. The Morgan fingerprint density at radius 1 is 1.25 bits per heavy atom. The number of nitrogens with zero attached hydrogens (tertiary/aromatic N) is 2. The molecule has 0 aromatic carbocycles. The quantitative estimate of drug-likeness (QED) is 0.893. The first kappa shape index (κ1) is 13.9. The third-order valence-corrected chi connectivity index (χ3v) is 4.45. The molecule has 0 aliphatic carbocycles. The highest BCUT2D eigenvalue weighted by atomic mass is 16.5. The van der Waals surface area contributed by atoms with E-state index in [1.165, 1.54) is 0 Å². The molecule has 2 aliphatic heterocycles. The third kappa shape index (κ3) is 2.85. The fourth-order valence-electron chi connectivity index (χ4n) is 3.19. The third-order valence-electron chi connectivity index (χ3n) is 4.45. The maximum atomic E-state index is 10.5. The Morgan fingerprint density at radius 2 is 1.95 bits per heavy atom. The lowest BCUT2D eigenvalue weighted by Crippen LogP contribution is -2.45. The number of ether oxygens (including phenoxy) is 2. The summed E-state index contributed by atoms with van der Waals surface area (Å²) < 4.78 is 11.4. The minimum Gasteiger partial charge on any atom is -0.385 e. The second kappa shape index (κ2) is 5.76. The summed E-state index contributed by atoms with van der Waals surface area (Å²) in [6.07, 6.45) is 6.50. The van der Waals surface area contributed by atoms with Crippen LogP contribution in [0.15, 0.2) is 12.4 Å². The molecule has 3 heterocycles. The van der Waals surface area contributed by atoms with Crippen molar-refractivity contribution in [2.45, 2.75) is 44.3 Å². The van der Waals surface area contributed by atoms with E-state index in [0.717, 1.165) is 44.5 Å². The van der Waals surface area contributed by atoms with Gasteiger partial charge in [-0.3, -0.25) is 0 Å². The number of aryl methyl sites for hydroxylation is 1. The largest absolute Gasteiger partial charge is 0.385 e. The van der Waals surface area contributed by atoms with Crippen LogP contribution >= 0.6 is 0 Å². The van der Waals surface area contributed by atoms with Gasteiger partial charge in [-0.2, -0.15) is 0 Å². The van der Waals surface area contributed by atoms with Gasteiger partial charge in [0.25, 0.3) is 0 Å². The van der Waals surface area contributed by atoms with Gasteiger partial charge in [0.2, 0.25) is 0 Å². The molecule has 2 unspecified atom stereocenters. The lowest BCUT2D eigenvalue weighted by Gasteiger charge is -2.44. The second-order valence-electron chi connectivity index (χ2n) is 5.96. The predicted molar refractivity (Wildman–Crippen MR) is 73.2 cm³/mol. The Balaban J connectivity index is 1.71. The van der Waals surface area contributed by atoms with Crippen molar-refractivity contribution in [3.8, 4) is 0 Å². The molecule has 1 N–H and O–H groups in total. The molecule has 5 nitrogen and oxygen atoms in total. The standard InChI is InChI=1S/C15H22N2O3/c1-11-9-16-14(17-10-11)13(18)12-2-5-20-15(8-12)3-6-19-7-4-15/h9-10,12-13,18H,2-8H2,1H3. The molecule has 0 saturated carbocycles. The van der Waals surface area contributed by atoms with E-state index in [0.29, 0.717) is 12.4 Å². The molecule has 2 aliphatic rings. The summed E-state index contributed by atoms with van der Waals surface area (Å²) in [6, 6.07) is 0. The lowest BCUT2D eigenvalue weighted by atomic mass is 9.78. The Labute approximate surface area is 119 Å². The zero-order chi connectivity index (χ0) is 14.0. The van der Waals surface area contributed by atoms with Crippen LogP contribution in [0.5, 0.6) is 0 Å². The molecule has 1 aromatic rings. The average molecular weight is 278 g/mol. The number of aliphatic hydroxyl groups is 1. The van der Waals surface area contributed by atoms with Crippen molar-refractivity contribution < 1.29 is 14.6 Å². The predicted octanol–water partition coefficient (Wildman–Crippen LogP) is 1.79. The smallest absolute Gasteiger partial charge is 0.157 e. The van der Waals surface area contributed by atoms with Gasteiger partial charge >= 0.3 is 0 Å². The molecule has 20 heavy (non-hydrogen) atoms. The van der Waals surface area contributed by atoms with E-state index >= 15 is 0 Å². The molecule has 0 amide bonds. The van der Waals surface area contributed by atoms with Crippen LogP contribution < -0.4 is 0 Å². The summed E-state index contributed by atoms with van der Waals surface area (Å²) in [7, 11) is 0. The van der Waals surface area contributed by atoms with E-state index in [1.807, 2.05) is 6.92 Å². The van der Waals surface area contributed by atoms with Crippen LogP contribution in [0.4, 0.5) is 0 Å². The number of rotatable bonds is 2. The normalized spacial score (nSPS) is 27.4. The van der Waals surface area contributed by atoms with Gasteiger partial charge in [0.05, 0.1) is 5.60 Å². The maximum Gasteiger partial charge on any atom is 0.157 e. The van der Waals surface area contributed by atoms with Crippen LogP contribution in [0.25, 0.3) is 0 Å². The monoisotopic (exact) mass is 278 g/mol. The van der Waals surface area contributed by atoms with Crippen LogP contribution in [0.1, 0.15) is 43.2 Å². The van der Waals surface area contributed by atoms with E-state index in [1.54, 1.807) is 12.4 Å². The van der Waals surface area contributed by atoms with Crippen molar-refractivity contribution in [1.82, 2.24) is 9.97 Å². The number of aromatic nitrogens is 2. The van der Waals surface area contributed by atoms with E-state index in [9.17, 15) is 5.11 Å². The Kier molecular flexibility index (Phi) is 4.01. The summed E-state index contributed by atoms with van der Waals surface area (Å²) in [5.41, 5.74) is 0.904. The van der Waals surface area contributed by atoms with Crippen LogP contribution in [-0.2, 0) is 9.47 Å². The van der Waals surface area contributed by atoms with Crippen LogP contribution in [0.2, 0.25) is 0 Å². The van der Waals surface area contributed by atoms with E-state index in [-0.39, 0.29) is 11.5 Å². The van der Waals surface area contributed by atoms with Crippen molar-refractivity contribution in [3.63, 3.8) is 0 Å². The van der Waals surface area contributed by atoms with Crippen LogP contribution in [0, 0.1) is 12.8 Å². The molecular formula is C15H22N2O3. The summed E-state index contributed by atoms with van der Waals surface area (Å²) in [5, 5.41) is 10.5. The van der Waals surface area contributed by atoms with Gasteiger partial charge in [0, 0.05) is 32.2 Å². The summed E-state index contributed by atoms with van der Waals surface area (Å²) in [5.74, 6) is 0.703. The zero-order valence-corrected chi connectivity index (χ0v) is 11.9. The summed E-state index contributed by atoms with van der Waals surface area (Å²) in [4.78, 5) is 8.52. The molecule has 5 heteroatoms. The number of aliphatic hydroxyl groups excluding tert-OH is 1. The van der Waals surface area contributed by atoms with Gasteiger partial charge in [-0.1, -0.05) is 0 Å². The molecule has 2 fully saturated rings. The average Bonchev–Trinajstić information content (AvgIpc) is 2.48. The Hall–Kier alpha value is -1.04. The molecule has 1 spiro atoms. The van der Waals surface area contributed by atoms with Gasteiger partial charge in [-0.05, 0) is 44.1 Å². The number of hydrogen-bond donors (Lipinski definition) is 1. The fourth-order valence-corrected chi connectivity index (χ4v) is 3.19. The summed E-state index contributed by atoms with van der Waals surface area (Å²) in [6.45, 7) is 4.16. The Morgan fingerprint density at radius 3 is 2.65 bits per heavy atom. The second-order valence-corrected chi connectivity index (χ2v) is 5.96. The Bertz CT molecular complexity index is 437. The fraction of sp³-hybridized carbons (Fsp3) is 0.733. The highest BCUT2D eigenvalue weighted by Crippen LogP contribution is 2.41. The van der Waals surface area contributed by atoms with Gasteiger partial charge in [-0.15, -0.1) is 0 Å². The first-order valence-corrected chi connectivity index (χ1v) is 7.37. The zero-order valence-electron chi connectivity index (χ0n) is 11.9. The number of hydrogen-bond acceptors (Lipinski definition) is 5. The summed E-state index contributed by atoms with van der Waals surface area (Å²) >= 11 is 0. The van der Waals surface area contributed by atoms with Gasteiger partial charge in [0.1, 0.15) is 6.10 Å². The van der Waals surface area contributed by atoms with Crippen molar-refractivity contribution in [2.75, 3.05) is 19.8 Å². The highest BCUT2D eigenvalue weighted by molar-refractivity contribution is 5.05. The maximum absolute atomic E-state index is 10.5. The minimum atomic E-state index is -0.598. The van der Waals surface area contributed by atoms with Gasteiger partial charge < -0.3 is 14.6 Å². The first-order valence-electron chi connectivity index (χ1n) is 7.37. The first-order chi connectivity index (χ1) is 9.69. The molecule has 0 bridgehead atoms. The lowest BCUT2D eigenvalue weighted by molar-refractivity contribution is -0.159. The van der Waals surface area contributed by atoms with Gasteiger partial charge in [0.15, 0.2) is 5.82 Å². The highest BCUT2D eigenvalue weighted by Gasteiger charge is 2.41. The van der Waals surface area contributed by atoms with Crippen molar-refractivity contribution in [2.24, 2.45) is 5.92 Å². The van der Waals surface area contributed by atoms with E-state index in [2.05, 4.69) is 9.97 Å². The molecular weight excluding hydrogens is 256 g/mol. The van der Waals surface area contributed by atoms with Crippen LogP contribution in [-0.4, -0.2) is 40.5 Å². The van der Waals surface area contributed by atoms with Crippen molar-refractivity contribution in [1.29, 1.82) is 0 Å². The van der Waals surface area contributed by atoms with Crippen molar-refractivity contribution in [3.05, 3.63) is 23.8 Å². The van der Waals surface area contributed by atoms with Crippen molar-refractivity contribution >= 4 is 0 Å². The molecule has 3 rings (SSSR count). The van der Waals surface area contributed by atoms with E-state index < -0.39 is 6.10 Å². The molecule has 110 valence electrons. The van der Waals surface area contributed by atoms with E-state index in [4.69, 9.17) is 9.47 Å². The topological polar surface area (TPSA) is 64.5 Å². The minimum absolute atomic E-state index is 0.104. The van der Waals surface area contributed by atoms with Gasteiger partial charge in [-0.25, -0.2) is 9.97 Å².